The van der Waals surface area contributed by atoms with Crippen LogP contribution in [-0.4, -0.2) is 65.0 Å². The van der Waals surface area contributed by atoms with E-state index in [2.05, 4.69) is 15.3 Å². The van der Waals surface area contributed by atoms with Crippen LogP contribution in [0, 0.1) is 6.92 Å². The summed E-state index contributed by atoms with van der Waals surface area (Å²) in [5, 5.41) is 2.76. The van der Waals surface area contributed by atoms with E-state index in [1.165, 1.54) is 0 Å². The maximum atomic E-state index is 12.6. The quantitative estimate of drug-likeness (QED) is 0.907. The van der Waals surface area contributed by atoms with Gasteiger partial charge in [-0.3, -0.25) is 10.1 Å². The predicted octanol–water partition coefficient (Wildman–Crippen LogP) is 1.78. The minimum Gasteiger partial charge on any atom is -0.497 e. The van der Waals surface area contributed by atoms with E-state index in [0.717, 1.165) is 0 Å². The molecule has 0 unspecified atom stereocenters. The van der Waals surface area contributed by atoms with Crippen LogP contribution in [0.15, 0.2) is 36.5 Å². The molecule has 8 heteroatoms. The third-order valence-corrected chi connectivity index (χ3v) is 4.20. The summed E-state index contributed by atoms with van der Waals surface area (Å²) in [5.41, 5.74) is 0.611. The summed E-state index contributed by atoms with van der Waals surface area (Å²) in [6.45, 7) is 3.68. The molecule has 0 radical (unpaired) electrons. The Morgan fingerprint density at radius 3 is 2.31 bits per heavy atom. The zero-order valence-corrected chi connectivity index (χ0v) is 14.8. The van der Waals surface area contributed by atoms with E-state index in [9.17, 15) is 9.59 Å². The van der Waals surface area contributed by atoms with Crippen molar-refractivity contribution in [2.75, 3.05) is 38.6 Å². The van der Waals surface area contributed by atoms with Crippen molar-refractivity contribution in [3.8, 4) is 5.75 Å². The molecule has 8 nitrogen and oxygen atoms in total. The second kappa shape index (κ2) is 7.81. The van der Waals surface area contributed by atoms with Crippen LogP contribution >= 0.6 is 0 Å². The molecule has 2 aromatic rings. The number of nitrogens with one attached hydrogen (secondary N) is 1. The number of nitrogens with zero attached hydrogens (tertiary/aromatic N) is 4. The van der Waals surface area contributed by atoms with Crippen molar-refractivity contribution in [3.63, 3.8) is 0 Å². The molecule has 136 valence electrons. The van der Waals surface area contributed by atoms with Gasteiger partial charge in [0.05, 0.1) is 7.11 Å². The van der Waals surface area contributed by atoms with E-state index in [4.69, 9.17) is 4.74 Å². The van der Waals surface area contributed by atoms with Crippen molar-refractivity contribution in [1.29, 1.82) is 0 Å². The Balaban J connectivity index is 1.54. The molecule has 0 spiro atoms. The SMILES string of the molecule is COc1ccc(C(=O)N2CCN(C(=O)Nc3ccnc(C)n3)CC2)cc1. The molecular formula is C18H21N5O3. The molecule has 1 aliphatic rings. The van der Waals surface area contributed by atoms with Gasteiger partial charge in [0.1, 0.15) is 17.4 Å². The van der Waals surface area contributed by atoms with Crippen molar-refractivity contribution in [1.82, 2.24) is 19.8 Å². The van der Waals surface area contributed by atoms with Gasteiger partial charge >= 0.3 is 6.03 Å². The van der Waals surface area contributed by atoms with Gasteiger partial charge in [-0.15, -0.1) is 0 Å². The average molecular weight is 355 g/mol. The van der Waals surface area contributed by atoms with E-state index in [1.807, 2.05) is 0 Å². The first-order valence-corrected chi connectivity index (χ1v) is 8.36. The normalized spacial score (nSPS) is 14.1. The van der Waals surface area contributed by atoms with Crippen LogP contribution in [0.25, 0.3) is 0 Å². The highest BCUT2D eigenvalue weighted by Gasteiger charge is 2.25. The number of urea groups is 1. The molecule has 1 fully saturated rings. The summed E-state index contributed by atoms with van der Waals surface area (Å²) < 4.78 is 5.11. The summed E-state index contributed by atoms with van der Waals surface area (Å²) in [7, 11) is 1.59. The lowest BCUT2D eigenvalue weighted by atomic mass is 10.1. The van der Waals surface area contributed by atoms with Crippen LogP contribution in [0.4, 0.5) is 10.6 Å². The highest BCUT2D eigenvalue weighted by atomic mass is 16.5. The Labute approximate surface area is 151 Å². The van der Waals surface area contributed by atoms with E-state index in [-0.39, 0.29) is 11.9 Å². The number of hydrogen-bond donors (Lipinski definition) is 1. The molecule has 26 heavy (non-hydrogen) atoms. The Kier molecular flexibility index (Phi) is 5.31. The largest absolute Gasteiger partial charge is 0.497 e. The second-order valence-electron chi connectivity index (χ2n) is 5.93. The number of aromatic nitrogens is 2. The van der Waals surface area contributed by atoms with Gasteiger partial charge in [-0.05, 0) is 37.3 Å². The third kappa shape index (κ3) is 4.08. The molecule has 1 aromatic carbocycles. The number of carbonyl (C=O) groups excluding carboxylic acids is 2. The molecule has 1 aliphatic heterocycles. The van der Waals surface area contributed by atoms with Crippen molar-refractivity contribution in [2.45, 2.75) is 6.92 Å². The summed E-state index contributed by atoms with van der Waals surface area (Å²) in [5.74, 6) is 1.74. The maximum Gasteiger partial charge on any atom is 0.323 e. The fraction of sp³-hybridized carbons (Fsp3) is 0.333. The van der Waals surface area contributed by atoms with Gasteiger partial charge in [-0.2, -0.15) is 0 Å². The summed E-state index contributed by atoms with van der Waals surface area (Å²) in [6, 6.07) is 8.45. The minimum atomic E-state index is -0.223. The number of piperazine rings is 1. The van der Waals surface area contributed by atoms with Crippen LogP contribution in [0.2, 0.25) is 0 Å². The zero-order chi connectivity index (χ0) is 18.5. The molecule has 0 atom stereocenters. The van der Waals surface area contributed by atoms with Gasteiger partial charge in [0.2, 0.25) is 0 Å². The van der Waals surface area contributed by atoms with E-state index < -0.39 is 0 Å². The number of ether oxygens (including phenoxy) is 1. The van der Waals surface area contributed by atoms with Crippen molar-refractivity contribution in [2.24, 2.45) is 0 Å². The molecule has 0 saturated carbocycles. The number of amides is 3. The van der Waals surface area contributed by atoms with Crippen molar-refractivity contribution < 1.29 is 14.3 Å². The standard InChI is InChI=1S/C18H21N5O3/c1-13-19-8-7-16(20-13)21-18(25)23-11-9-22(10-12-23)17(24)14-3-5-15(26-2)6-4-14/h3-8H,9-12H2,1-2H3,(H,19,20,21,25). The number of carbonyl (C=O) groups is 2. The van der Waals surface area contributed by atoms with Crippen LogP contribution < -0.4 is 10.1 Å². The Bertz CT molecular complexity index is 786. The zero-order valence-electron chi connectivity index (χ0n) is 14.8. The topological polar surface area (TPSA) is 87.7 Å². The lowest BCUT2D eigenvalue weighted by Gasteiger charge is -2.34. The highest BCUT2D eigenvalue weighted by molar-refractivity contribution is 5.94. The van der Waals surface area contributed by atoms with E-state index in [1.54, 1.807) is 60.4 Å². The first-order valence-electron chi connectivity index (χ1n) is 8.36. The fourth-order valence-corrected chi connectivity index (χ4v) is 2.74. The summed E-state index contributed by atoms with van der Waals surface area (Å²) in [6.07, 6.45) is 1.60. The van der Waals surface area contributed by atoms with Crippen molar-refractivity contribution in [3.05, 3.63) is 47.9 Å². The minimum absolute atomic E-state index is 0.0425. The highest BCUT2D eigenvalue weighted by Crippen LogP contribution is 2.15. The number of hydrogen-bond acceptors (Lipinski definition) is 5. The first-order chi connectivity index (χ1) is 12.6. The van der Waals surface area contributed by atoms with E-state index >= 15 is 0 Å². The molecule has 0 aliphatic carbocycles. The lowest BCUT2D eigenvalue weighted by Crippen LogP contribution is -2.51. The van der Waals surface area contributed by atoms with E-state index in [0.29, 0.717) is 49.1 Å². The van der Waals surface area contributed by atoms with Gasteiger partial charge in [0, 0.05) is 37.9 Å². The molecule has 1 saturated heterocycles. The lowest BCUT2D eigenvalue weighted by molar-refractivity contribution is 0.0671. The molecule has 3 rings (SSSR count). The summed E-state index contributed by atoms with van der Waals surface area (Å²) in [4.78, 5) is 36.5. The van der Waals surface area contributed by atoms with Gasteiger partial charge in [0.15, 0.2) is 0 Å². The number of methoxy groups -OCH3 is 1. The summed E-state index contributed by atoms with van der Waals surface area (Å²) >= 11 is 0. The van der Waals surface area contributed by atoms with Crippen LogP contribution in [-0.2, 0) is 0 Å². The fourth-order valence-electron chi connectivity index (χ4n) is 2.74. The number of aryl methyl sites for hydroxylation is 1. The smallest absolute Gasteiger partial charge is 0.323 e. The van der Waals surface area contributed by atoms with Crippen LogP contribution in [0.5, 0.6) is 5.75 Å². The number of benzene rings is 1. The maximum absolute atomic E-state index is 12.6. The monoisotopic (exact) mass is 355 g/mol. The molecule has 0 bridgehead atoms. The molecule has 2 heterocycles. The number of rotatable bonds is 3. The number of anilines is 1. The third-order valence-electron chi connectivity index (χ3n) is 4.20. The van der Waals surface area contributed by atoms with Crippen LogP contribution in [0.3, 0.4) is 0 Å². The predicted molar refractivity (Wildman–Crippen MR) is 96.3 cm³/mol. The molecule has 3 amide bonds. The Morgan fingerprint density at radius 2 is 1.69 bits per heavy atom. The molecule has 1 aromatic heterocycles. The average Bonchev–Trinajstić information content (AvgIpc) is 2.67. The van der Waals surface area contributed by atoms with Gasteiger partial charge in [0.25, 0.3) is 5.91 Å². The second-order valence-corrected chi connectivity index (χ2v) is 5.93. The molecular weight excluding hydrogens is 334 g/mol. The molecule has 1 N–H and O–H groups in total. The van der Waals surface area contributed by atoms with Gasteiger partial charge in [-0.25, -0.2) is 14.8 Å². The Morgan fingerprint density at radius 1 is 1.04 bits per heavy atom. The van der Waals surface area contributed by atoms with Crippen molar-refractivity contribution >= 4 is 17.8 Å². The van der Waals surface area contributed by atoms with Crippen LogP contribution in [0.1, 0.15) is 16.2 Å². The van der Waals surface area contributed by atoms with Gasteiger partial charge < -0.3 is 14.5 Å². The Hall–Kier alpha value is -3.16. The first kappa shape index (κ1) is 17.7. The van der Waals surface area contributed by atoms with Gasteiger partial charge in [-0.1, -0.05) is 0 Å².